The predicted octanol–water partition coefficient (Wildman–Crippen LogP) is 5.05. The van der Waals surface area contributed by atoms with Crippen molar-refractivity contribution in [1.29, 1.82) is 0 Å². The number of nitrogens with one attached hydrogen (secondary N) is 2. The number of rotatable bonds is 5. The van der Waals surface area contributed by atoms with Crippen molar-refractivity contribution in [2.24, 2.45) is 0 Å². The van der Waals surface area contributed by atoms with Crippen LogP contribution in [-0.2, 0) is 0 Å². The highest BCUT2D eigenvalue weighted by Gasteiger charge is 2.08. The summed E-state index contributed by atoms with van der Waals surface area (Å²) in [4.78, 5) is 16.5. The Kier molecular flexibility index (Phi) is 5.39. The van der Waals surface area contributed by atoms with E-state index >= 15 is 0 Å². The van der Waals surface area contributed by atoms with E-state index in [1.54, 1.807) is 37.6 Å². The summed E-state index contributed by atoms with van der Waals surface area (Å²) in [6.07, 6.45) is 1.60. The first-order chi connectivity index (χ1) is 12.5. The summed E-state index contributed by atoms with van der Waals surface area (Å²) >= 11 is 6.12. The van der Waals surface area contributed by atoms with Crippen LogP contribution in [0.15, 0.2) is 60.8 Å². The summed E-state index contributed by atoms with van der Waals surface area (Å²) in [5.41, 5.74) is 3.75. The van der Waals surface area contributed by atoms with E-state index in [2.05, 4.69) is 15.6 Å². The molecule has 0 unspecified atom stereocenters. The molecule has 0 fully saturated rings. The van der Waals surface area contributed by atoms with Crippen molar-refractivity contribution in [3.8, 4) is 5.75 Å². The van der Waals surface area contributed by atoms with E-state index in [9.17, 15) is 4.79 Å². The van der Waals surface area contributed by atoms with Crippen LogP contribution in [0.2, 0.25) is 5.02 Å². The Bertz CT molecular complexity index is 909. The van der Waals surface area contributed by atoms with Crippen molar-refractivity contribution < 1.29 is 9.53 Å². The number of carbonyl (C=O) groups excluding carboxylic acids is 1. The number of anilines is 3. The standard InChI is InChI=1S/C20H18ClN3O2/c1-13-3-5-14(6-4-13)24-20(25)18-9-7-16(12-22-18)23-15-8-10-19(26-2)17(21)11-15/h3-12,23H,1-2H3,(H,24,25). The minimum Gasteiger partial charge on any atom is -0.495 e. The van der Waals surface area contributed by atoms with E-state index in [1.165, 1.54) is 0 Å². The molecule has 132 valence electrons. The van der Waals surface area contributed by atoms with Gasteiger partial charge >= 0.3 is 0 Å². The van der Waals surface area contributed by atoms with Crippen molar-refractivity contribution in [3.63, 3.8) is 0 Å². The molecule has 0 bridgehead atoms. The summed E-state index contributed by atoms with van der Waals surface area (Å²) in [6, 6.07) is 16.4. The minimum atomic E-state index is -0.257. The van der Waals surface area contributed by atoms with Gasteiger partial charge in [-0.05, 0) is 49.4 Å². The van der Waals surface area contributed by atoms with Gasteiger partial charge < -0.3 is 15.4 Å². The van der Waals surface area contributed by atoms with Gasteiger partial charge in [0, 0.05) is 11.4 Å². The number of hydrogen-bond acceptors (Lipinski definition) is 4. The molecule has 2 N–H and O–H groups in total. The van der Waals surface area contributed by atoms with Crippen molar-refractivity contribution >= 4 is 34.6 Å². The Morgan fingerprint density at radius 2 is 1.69 bits per heavy atom. The second-order valence-electron chi connectivity index (χ2n) is 5.73. The Labute approximate surface area is 157 Å². The number of aryl methyl sites for hydroxylation is 1. The summed E-state index contributed by atoms with van der Waals surface area (Å²) in [5.74, 6) is 0.353. The van der Waals surface area contributed by atoms with Crippen molar-refractivity contribution in [3.05, 3.63) is 77.1 Å². The summed E-state index contributed by atoms with van der Waals surface area (Å²) in [7, 11) is 1.57. The zero-order valence-corrected chi connectivity index (χ0v) is 15.2. The van der Waals surface area contributed by atoms with Crippen LogP contribution in [0.4, 0.5) is 17.1 Å². The molecule has 3 rings (SSSR count). The van der Waals surface area contributed by atoms with Crippen LogP contribution in [-0.4, -0.2) is 18.0 Å². The average Bonchev–Trinajstić information content (AvgIpc) is 2.64. The average molecular weight is 368 g/mol. The highest BCUT2D eigenvalue weighted by molar-refractivity contribution is 6.32. The monoisotopic (exact) mass is 367 g/mol. The normalized spacial score (nSPS) is 10.3. The molecule has 5 nitrogen and oxygen atoms in total. The zero-order valence-electron chi connectivity index (χ0n) is 14.4. The van der Waals surface area contributed by atoms with Crippen molar-refractivity contribution in [2.75, 3.05) is 17.7 Å². The molecule has 1 amide bonds. The smallest absolute Gasteiger partial charge is 0.274 e. The number of ether oxygens (including phenoxy) is 1. The van der Waals surface area contributed by atoms with E-state index in [0.29, 0.717) is 16.5 Å². The first kappa shape index (κ1) is 17.8. The Hall–Kier alpha value is -3.05. The number of benzene rings is 2. The third-order valence-electron chi connectivity index (χ3n) is 3.75. The van der Waals surface area contributed by atoms with Gasteiger partial charge in [0.2, 0.25) is 0 Å². The van der Waals surface area contributed by atoms with E-state index in [1.807, 2.05) is 37.3 Å². The summed E-state index contributed by atoms with van der Waals surface area (Å²) < 4.78 is 5.13. The van der Waals surface area contributed by atoms with E-state index in [-0.39, 0.29) is 5.91 Å². The predicted molar refractivity (Wildman–Crippen MR) is 105 cm³/mol. The van der Waals surface area contributed by atoms with Gasteiger partial charge in [0.1, 0.15) is 11.4 Å². The zero-order chi connectivity index (χ0) is 18.5. The Morgan fingerprint density at radius 3 is 2.31 bits per heavy atom. The van der Waals surface area contributed by atoms with Crippen LogP contribution in [0.25, 0.3) is 0 Å². The molecule has 2 aromatic carbocycles. The summed E-state index contributed by atoms with van der Waals surface area (Å²) in [6.45, 7) is 1.99. The lowest BCUT2D eigenvalue weighted by molar-refractivity contribution is 0.102. The van der Waals surface area contributed by atoms with Gasteiger partial charge in [0.05, 0.1) is 24.0 Å². The van der Waals surface area contributed by atoms with Crippen molar-refractivity contribution in [2.45, 2.75) is 6.92 Å². The molecule has 0 aliphatic rings. The Balaban J connectivity index is 1.67. The van der Waals surface area contributed by atoms with Crippen LogP contribution >= 0.6 is 11.6 Å². The van der Waals surface area contributed by atoms with Gasteiger partial charge in [-0.1, -0.05) is 29.3 Å². The van der Waals surface area contributed by atoms with E-state index in [0.717, 1.165) is 22.6 Å². The molecule has 1 heterocycles. The maximum absolute atomic E-state index is 12.3. The highest BCUT2D eigenvalue weighted by atomic mass is 35.5. The largest absolute Gasteiger partial charge is 0.495 e. The topological polar surface area (TPSA) is 63.2 Å². The third kappa shape index (κ3) is 4.32. The minimum absolute atomic E-state index is 0.257. The Morgan fingerprint density at radius 1 is 1.00 bits per heavy atom. The van der Waals surface area contributed by atoms with Crippen LogP contribution in [0.1, 0.15) is 16.1 Å². The number of amides is 1. The molecule has 0 saturated heterocycles. The van der Waals surface area contributed by atoms with E-state index < -0.39 is 0 Å². The number of aromatic nitrogens is 1. The second-order valence-corrected chi connectivity index (χ2v) is 6.13. The maximum atomic E-state index is 12.3. The second kappa shape index (κ2) is 7.89. The molecule has 0 spiro atoms. The maximum Gasteiger partial charge on any atom is 0.274 e. The molecule has 26 heavy (non-hydrogen) atoms. The number of halogens is 1. The fourth-order valence-electron chi connectivity index (χ4n) is 2.34. The van der Waals surface area contributed by atoms with E-state index in [4.69, 9.17) is 16.3 Å². The van der Waals surface area contributed by atoms with Gasteiger partial charge in [-0.25, -0.2) is 4.98 Å². The lowest BCUT2D eigenvalue weighted by atomic mass is 10.2. The molecular weight excluding hydrogens is 350 g/mol. The van der Waals surface area contributed by atoms with Crippen LogP contribution in [0, 0.1) is 6.92 Å². The van der Waals surface area contributed by atoms with Crippen molar-refractivity contribution in [1.82, 2.24) is 4.98 Å². The lowest BCUT2D eigenvalue weighted by Gasteiger charge is -2.09. The third-order valence-corrected chi connectivity index (χ3v) is 4.04. The van der Waals surface area contributed by atoms with Gasteiger partial charge in [-0.2, -0.15) is 0 Å². The van der Waals surface area contributed by atoms with Crippen LogP contribution < -0.4 is 15.4 Å². The number of hydrogen-bond donors (Lipinski definition) is 2. The number of methoxy groups -OCH3 is 1. The lowest BCUT2D eigenvalue weighted by Crippen LogP contribution is -2.13. The summed E-state index contributed by atoms with van der Waals surface area (Å²) in [5, 5.41) is 6.52. The number of carbonyl (C=O) groups is 1. The molecule has 0 aliphatic carbocycles. The quantitative estimate of drug-likeness (QED) is 0.662. The van der Waals surface area contributed by atoms with Gasteiger partial charge in [0.25, 0.3) is 5.91 Å². The molecule has 0 saturated carbocycles. The molecule has 0 radical (unpaired) electrons. The SMILES string of the molecule is COc1ccc(Nc2ccc(C(=O)Nc3ccc(C)cc3)nc2)cc1Cl. The molecule has 6 heteroatoms. The van der Waals surface area contributed by atoms with Gasteiger partial charge in [-0.3, -0.25) is 4.79 Å². The molecular formula is C20H18ClN3O2. The molecule has 0 atom stereocenters. The molecule has 1 aromatic heterocycles. The van der Waals surface area contributed by atoms with Crippen LogP contribution in [0.3, 0.4) is 0 Å². The number of nitrogens with zero attached hydrogens (tertiary/aromatic N) is 1. The molecule has 0 aliphatic heterocycles. The highest BCUT2D eigenvalue weighted by Crippen LogP contribution is 2.28. The molecule has 3 aromatic rings. The number of pyridine rings is 1. The van der Waals surface area contributed by atoms with Gasteiger partial charge in [0.15, 0.2) is 0 Å². The fourth-order valence-corrected chi connectivity index (χ4v) is 2.60. The first-order valence-corrected chi connectivity index (χ1v) is 8.37. The van der Waals surface area contributed by atoms with Crippen LogP contribution in [0.5, 0.6) is 5.75 Å². The van der Waals surface area contributed by atoms with Gasteiger partial charge in [-0.15, -0.1) is 0 Å². The fraction of sp³-hybridized carbons (Fsp3) is 0.100. The first-order valence-electron chi connectivity index (χ1n) is 8.00.